The first-order valence-electron chi connectivity index (χ1n) is 24.2. The number of amides is 4. The van der Waals surface area contributed by atoms with E-state index in [2.05, 4.69) is 82.9 Å². The van der Waals surface area contributed by atoms with Crippen molar-refractivity contribution in [1.29, 1.82) is 0 Å². The largest absolute Gasteiger partial charge is 0.494 e. The van der Waals surface area contributed by atoms with Crippen LogP contribution in [0.15, 0.2) is 128 Å². The Morgan fingerprint density at radius 2 is 1.00 bits per heavy atom. The Kier molecular flexibility index (Phi) is 15.6. The number of anilines is 12. The van der Waals surface area contributed by atoms with Gasteiger partial charge >= 0.3 is 12.1 Å². The van der Waals surface area contributed by atoms with E-state index in [1.165, 1.54) is 25.7 Å². The number of benzene rings is 4. The second-order valence-electron chi connectivity index (χ2n) is 16.6. The van der Waals surface area contributed by atoms with E-state index in [0.717, 1.165) is 34.4 Å². The number of aromatic nitrogens is 8. The van der Waals surface area contributed by atoms with Crippen LogP contribution in [0.1, 0.15) is 69.7 Å². The molecule has 2 aliphatic carbocycles. The Hall–Kier alpha value is -9.40. The highest BCUT2D eigenvalue weighted by Gasteiger charge is 2.26. The van der Waals surface area contributed by atoms with Crippen LogP contribution in [0, 0.1) is 0 Å². The fourth-order valence-electron chi connectivity index (χ4n) is 7.32. The van der Waals surface area contributed by atoms with Crippen molar-refractivity contribution in [2.24, 2.45) is 0 Å². The molecular formula is C52H56N16O5. The maximum Gasteiger partial charge on any atom is 0.323 e. The highest BCUT2D eigenvalue weighted by Crippen LogP contribution is 2.40. The van der Waals surface area contributed by atoms with E-state index < -0.39 is 0 Å². The van der Waals surface area contributed by atoms with Gasteiger partial charge in [-0.3, -0.25) is 10.2 Å². The standard InChI is InChI=1S/C25H24N8O3.C25H26N8O2.C2H6/c34-25(29-18-7-8-20-21(13-18)36-12-11-35-20)28-17-5-3-16(4-6-17)27-24-26-10-9-22(31-24)30-23-14-19(32-33-23)15-1-2-15;1-2-35-20-5-3-4-19(14-20)29-25(34)28-18-10-8-17(9-11-18)27-24-26-13-12-22(31-24)30-23-15-21(32-33-23)16-6-7-16;1-2/h3-10,13-15H,1-2,11-12H2,(H2,28,29,34)(H3,26,27,30,31,32,33);3-5,8-16H,2,6-7H2,1H3,(H2,28,29,34)(H3,26,27,30,31,32,33);1-2H3. The molecule has 3 aliphatic rings. The molecule has 0 unspecified atom stereocenters. The lowest BCUT2D eigenvalue weighted by Gasteiger charge is -2.19. The Balaban J connectivity index is 0.000000174. The number of aromatic amines is 2. The van der Waals surface area contributed by atoms with Crippen molar-refractivity contribution in [3.8, 4) is 17.2 Å². The van der Waals surface area contributed by atoms with Gasteiger partial charge in [0.25, 0.3) is 0 Å². The maximum atomic E-state index is 12.4. The molecule has 10 N–H and O–H groups in total. The SMILES string of the molecule is CC.CCOc1cccc(NC(=O)Nc2ccc(Nc3nccc(Nc4cc(C5CC5)[nH]n4)n3)cc2)c1.O=C(Nc1ccc(Nc2nccc(Nc3cc(C4CC4)[nH]n3)n2)cc1)Nc1ccc2c(c1)OCCO2. The quantitative estimate of drug-likeness (QED) is 0.0431. The normalized spacial score (nSPS) is 13.1. The number of carbonyl (C=O) groups excluding carboxylic acids is 2. The van der Waals surface area contributed by atoms with Gasteiger partial charge in [-0.05, 0) is 118 Å². The van der Waals surface area contributed by atoms with Crippen molar-refractivity contribution in [2.45, 2.75) is 58.3 Å². The molecule has 4 aromatic carbocycles. The van der Waals surface area contributed by atoms with Crippen molar-refractivity contribution in [2.75, 3.05) is 62.4 Å². The first-order valence-corrected chi connectivity index (χ1v) is 24.2. The van der Waals surface area contributed by atoms with Crippen LogP contribution in [0.3, 0.4) is 0 Å². The van der Waals surface area contributed by atoms with Crippen LogP contribution >= 0.6 is 0 Å². The number of urea groups is 2. The monoisotopic (exact) mass is 984 g/mol. The van der Waals surface area contributed by atoms with Crippen molar-refractivity contribution < 1.29 is 23.8 Å². The van der Waals surface area contributed by atoms with Gasteiger partial charge in [0.05, 0.1) is 6.61 Å². The van der Waals surface area contributed by atoms with Gasteiger partial charge in [0.2, 0.25) is 11.9 Å². The fraction of sp³-hybridized carbons (Fsp3) is 0.231. The van der Waals surface area contributed by atoms with Crippen molar-refractivity contribution in [3.05, 3.63) is 139 Å². The first-order chi connectivity index (χ1) is 35.8. The summed E-state index contributed by atoms with van der Waals surface area (Å²) in [6.45, 7) is 7.48. The Morgan fingerprint density at radius 3 is 1.51 bits per heavy atom. The number of H-pyrrole nitrogens is 2. The van der Waals surface area contributed by atoms with E-state index in [9.17, 15) is 9.59 Å². The van der Waals surface area contributed by atoms with Gasteiger partial charge in [-0.1, -0.05) is 19.9 Å². The molecular weight excluding hydrogens is 929 g/mol. The molecule has 21 nitrogen and oxygen atoms in total. The highest BCUT2D eigenvalue weighted by molar-refractivity contribution is 6.00. The second-order valence-corrected chi connectivity index (χ2v) is 16.6. The zero-order valence-electron chi connectivity index (χ0n) is 40.5. The maximum absolute atomic E-state index is 12.4. The molecule has 4 aromatic heterocycles. The zero-order chi connectivity index (χ0) is 50.4. The number of hydrogen-bond acceptors (Lipinski definition) is 15. The Bertz CT molecular complexity index is 3100. The van der Waals surface area contributed by atoms with Crippen LogP contribution in [-0.4, -0.2) is 72.2 Å². The molecule has 0 atom stereocenters. The molecule has 73 heavy (non-hydrogen) atoms. The van der Waals surface area contributed by atoms with E-state index >= 15 is 0 Å². The van der Waals surface area contributed by atoms with Gasteiger partial charge < -0.3 is 56.7 Å². The van der Waals surface area contributed by atoms with Gasteiger partial charge in [0.15, 0.2) is 23.1 Å². The summed E-state index contributed by atoms with van der Waals surface area (Å²) in [4.78, 5) is 42.3. The van der Waals surface area contributed by atoms with Gasteiger partial charge in [0, 0.05) is 94.0 Å². The molecule has 1 aliphatic heterocycles. The third-order valence-electron chi connectivity index (χ3n) is 11.1. The number of nitrogens with zero attached hydrogens (tertiary/aromatic N) is 6. The molecule has 5 heterocycles. The predicted octanol–water partition coefficient (Wildman–Crippen LogP) is 11.6. The van der Waals surface area contributed by atoms with Gasteiger partial charge in [-0.2, -0.15) is 20.2 Å². The van der Waals surface area contributed by atoms with E-state index in [1.807, 2.05) is 69.3 Å². The summed E-state index contributed by atoms with van der Waals surface area (Å²) >= 11 is 0. The van der Waals surface area contributed by atoms with Gasteiger partial charge in [-0.25, -0.2) is 19.6 Å². The minimum absolute atomic E-state index is 0.343. The summed E-state index contributed by atoms with van der Waals surface area (Å²) in [7, 11) is 0. The Morgan fingerprint density at radius 1 is 0.534 bits per heavy atom. The molecule has 8 aromatic rings. The summed E-state index contributed by atoms with van der Waals surface area (Å²) in [5.41, 5.74) is 6.41. The van der Waals surface area contributed by atoms with Crippen molar-refractivity contribution >= 4 is 81.4 Å². The molecule has 4 amide bonds. The molecule has 0 radical (unpaired) electrons. The molecule has 0 spiro atoms. The number of ether oxygens (including phenoxy) is 3. The topological polar surface area (TPSA) is 267 Å². The zero-order valence-corrected chi connectivity index (χ0v) is 40.5. The number of carbonyl (C=O) groups is 2. The number of rotatable bonds is 16. The second kappa shape index (κ2) is 23.5. The summed E-state index contributed by atoms with van der Waals surface area (Å²) in [5, 5.41) is 38.7. The molecule has 2 saturated carbocycles. The summed E-state index contributed by atoms with van der Waals surface area (Å²) < 4.78 is 16.5. The van der Waals surface area contributed by atoms with Crippen LogP contribution < -0.4 is 56.7 Å². The lowest BCUT2D eigenvalue weighted by Crippen LogP contribution is -2.20. The minimum Gasteiger partial charge on any atom is -0.494 e. The van der Waals surface area contributed by atoms with Crippen LogP contribution in [0.25, 0.3) is 0 Å². The van der Waals surface area contributed by atoms with Crippen LogP contribution in [0.4, 0.5) is 78.9 Å². The van der Waals surface area contributed by atoms with Crippen molar-refractivity contribution in [1.82, 2.24) is 40.3 Å². The van der Waals surface area contributed by atoms with Crippen LogP contribution in [0.2, 0.25) is 0 Å². The molecule has 0 saturated heterocycles. The smallest absolute Gasteiger partial charge is 0.323 e. The first kappa shape index (κ1) is 48.6. The molecule has 2 fully saturated rings. The summed E-state index contributed by atoms with van der Waals surface area (Å²) in [5.74, 6) is 6.82. The minimum atomic E-state index is -0.363. The van der Waals surface area contributed by atoms with Gasteiger partial charge in [-0.15, -0.1) is 0 Å². The van der Waals surface area contributed by atoms with Crippen molar-refractivity contribution in [3.63, 3.8) is 0 Å². The fourth-order valence-corrected chi connectivity index (χ4v) is 7.32. The lowest BCUT2D eigenvalue weighted by atomic mass is 10.2. The highest BCUT2D eigenvalue weighted by atomic mass is 16.6. The average Bonchev–Trinajstić information content (AvgIpc) is 4.35. The number of fused-ring (bicyclic) bond motifs is 1. The summed E-state index contributed by atoms with van der Waals surface area (Å²) in [6.07, 6.45) is 8.19. The third kappa shape index (κ3) is 14.1. The van der Waals surface area contributed by atoms with E-state index in [-0.39, 0.29) is 12.1 Å². The lowest BCUT2D eigenvalue weighted by molar-refractivity contribution is 0.171. The van der Waals surface area contributed by atoms with Crippen LogP contribution in [-0.2, 0) is 0 Å². The molecule has 0 bridgehead atoms. The Labute approximate surface area is 421 Å². The average molecular weight is 985 g/mol. The van der Waals surface area contributed by atoms with E-state index in [0.29, 0.717) is 95.2 Å². The summed E-state index contributed by atoms with van der Waals surface area (Å²) in [6, 6.07) is 33.9. The molecule has 374 valence electrons. The van der Waals surface area contributed by atoms with E-state index in [1.54, 1.807) is 79.1 Å². The third-order valence-corrected chi connectivity index (χ3v) is 11.1. The predicted molar refractivity (Wildman–Crippen MR) is 283 cm³/mol. The van der Waals surface area contributed by atoms with Crippen LogP contribution in [0.5, 0.6) is 17.2 Å². The number of hydrogen-bond donors (Lipinski definition) is 10. The molecule has 21 heteroatoms. The van der Waals surface area contributed by atoms with E-state index in [4.69, 9.17) is 14.2 Å². The molecule has 11 rings (SSSR count). The number of nitrogens with one attached hydrogen (secondary N) is 10. The van der Waals surface area contributed by atoms with Gasteiger partial charge in [0.1, 0.15) is 30.6 Å².